The van der Waals surface area contributed by atoms with Crippen LogP contribution in [0.2, 0.25) is 0 Å². The van der Waals surface area contributed by atoms with E-state index in [1.165, 1.54) is 6.08 Å². The van der Waals surface area contributed by atoms with Crippen LogP contribution in [0.25, 0.3) is 6.08 Å². The summed E-state index contributed by atoms with van der Waals surface area (Å²) in [7, 11) is 0. The predicted octanol–water partition coefficient (Wildman–Crippen LogP) is 4.34. The van der Waals surface area contributed by atoms with Gasteiger partial charge in [-0.2, -0.15) is 0 Å². The smallest absolute Gasteiger partial charge is 0.329 e. The molecule has 0 atom stereocenters. The Bertz CT molecular complexity index is 1100. The van der Waals surface area contributed by atoms with Gasteiger partial charge in [-0.3, -0.25) is 9.59 Å². The fourth-order valence-corrected chi connectivity index (χ4v) is 3.84. The van der Waals surface area contributed by atoms with Crippen molar-refractivity contribution in [2.24, 2.45) is 0 Å². The van der Waals surface area contributed by atoms with Gasteiger partial charge in [0.1, 0.15) is 23.7 Å². The summed E-state index contributed by atoms with van der Waals surface area (Å²) in [6.07, 6.45) is 2.27. The summed E-state index contributed by atoms with van der Waals surface area (Å²) < 4.78 is 11.9. The van der Waals surface area contributed by atoms with Crippen molar-refractivity contribution in [3.05, 3.63) is 57.7 Å². The Balaban J connectivity index is 1.79. The van der Waals surface area contributed by atoms with Gasteiger partial charge >= 0.3 is 6.03 Å². The standard InChI is InChI=1S/C24H26BrN3O5/c1-4-15-9-7-8-10-18(15)26-22(29)14-28-23(30)19(27-24(28)31)12-16-11-17(25)21(33-6-3)13-20(16)32-5-2/h7-13H,4-6,14H2,1-3H3,(H,26,29)(H,27,31)/b19-12+. The van der Waals surface area contributed by atoms with Gasteiger partial charge in [-0.1, -0.05) is 25.1 Å². The van der Waals surface area contributed by atoms with Crippen LogP contribution in [-0.4, -0.2) is 42.5 Å². The third-order valence-electron chi connectivity index (χ3n) is 4.90. The van der Waals surface area contributed by atoms with Gasteiger partial charge in [-0.25, -0.2) is 9.69 Å². The number of halogens is 1. The van der Waals surface area contributed by atoms with E-state index in [2.05, 4.69) is 26.6 Å². The number of benzene rings is 2. The summed E-state index contributed by atoms with van der Waals surface area (Å²) in [4.78, 5) is 38.7. The molecule has 2 N–H and O–H groups in total. The Morgan fingerprint density at radius 2 is 1.79 bits per heavy atom. The largest absolute Gasteiger partial charge is 0.493 e. The fraction of sp³-hybridized carbons (Fsp3) is 0.292. The van der Waals surface area contributed by atoms with E-state index in [4.69, 9.17) is 9.47 Å². The van der Waals surface area contributed by atoms with Crippen LogP contribution in [0.3, 0.4) is 0 Å². The number of amides is 4. The molecular weight excluding hydrogens is 490 g/mol. The van der Waals surface area contributed by atoms with Crippen molar-refractivity contribution in [3.63, 3.8) is 0 Å². The van der Waals surface area contributed by atoms with Crippen molar-refractivity contribution in [2.75, 3.05) is 25.1 Å². The number of nitrogens with zero attached hydrogens (tertiary/aromatic N) is 1. The first-order valence-electron chi connectivity index (χ1n) is 10.7. The highest BCUT2D eigenvalue weighted by molar-refractivity contribution is 9.10. The molecule has 1 aliphatic rings. The number of nitrogens with one attached hydrogen (secondary N) is 2. The second-order valence-corrected chi connectivity index (χ2v) is 7.98. The average molecular weight is 516 g/mol. The summed E-state index contributed by atoms with van der Waals surface area (Å²) in [5.74, 6) is 0.0625. The molecule has 1 fully saturated rings. The molecule has 0 bridgehead atoms. The number of hydrogen-bond acceptors (Lipinski definition) is 5. The molecule has 9 heteroatoms. The molecule has 1 aliphatic heterocycles. The zero-order valence-electron chi connectivity index (χ0n) is 18.7. The van der Waals surface area contributed by atoms with Crippen LogP contribution < -0.4 is 20.1 Å². The molecule has 174 valence electrons. The lowest BCUT2D eigenvalue weighted by Gasteiger charge is -2.14. The van der Waals surface area contributed by atoms with Crippen LogP contribution in [0.1, 0.15) is 31.9 Å². The Morgan fingerprint density at radius 3 is 2.48 bits per heavy atom. The molecule has 33 heavy (non-hydrogen) atoms. The Morgan fingerprint density at radius 1 is 1.09 bits per heavy atom. The van der Waals surface area contributed by atoms with Crippen LogP contribution in [0.5, 0.6) is 11.5 Å². The highest BCUT2D eigenvalue weighted by atomic mass is 79.9. The number of ether oxygens (including phenoxy) is 2. The van der Waals surface area contributed by atoms with Crippen molar-refractivity contribution in [3.8, 4) is 11.5 Å². The van der Waals surface area contributed by atoms with Gasteiger partial charge in [0.2, 0.25) is 5.91 Å². The van der Waals surface area contributed by atoms with Crippen molar-refractivity contribution in [2.45, 2.75) is 27.2 Å². The van der Waals surface area contributed by atoms with Gasteiger partial charge in [0.05, 0.1) is 17.7 Å². The number of imide groups is 1. The fourth-order valence-electron chi connectivity index (χ4n) is 3.36. The lowest BCUT2D eigenvalue weighted by molar-refractivity contribution is -0.127. The topological polar surface area (TPSA) is 97.0 Å². The molecule has 8 nitrogen and oxygen atoms in total. The highest BCUT2D eigenvalue weighted by Gasteiger charge is 2.35. The van der Waals surface area contributed by atoms with E-state index in [9.17, 15) is 14.4 Å². The van der Waals surface area contributed by atoms with Gasteiger partial charge in [0.15, 0.2) is 0 Å². The Kier molecular flexibility index (Phi) is 8.11. The van der Waals surface area contributed by atoms with Crippen LogP contribution >= 0.6 is 15.9 Å². The third kappa shape index (κ3) is 5.73. The lowest BCUT2D eigenvalue weighted by Crippen LogP contribution is -2.38. The van der Waals surface area contributed by atoms with Crippen molar-refractivity contribution in [1.82, 2.24) is 10.2 Å². The normalized spacial score (nSPS) is 14.4. The second kappa shape index (κ2) is 11.0. The number of aryl methyl sites for hydroxylation is 1. The summed E-state index contributed by atoms with van der Waals surface area (Å²) in [5.41, 5.74) is 2.26. The second-order valence-electron chi connectivity index (χ2n) is 7.12. The maximum absolute atomic E-state index is 12.9. The third-order valence-corrected chi connectivity index (χ3v) is 5.52. The molecule has 0 radical (unpaired) electrons. The van der Waals surface area contributed by atoms with Crippen LogP contribution in [0.15, 0.2) is 46.6 Å². The Hall–Kier alpha value is -3.33. The maximum atomic E-state index is 12.9. The van der Waals surface area contributed by atoms with E-state index in [0.29, 0.717) is 40.4 Å². The number of carbonyl (C=O) groups excluding carboxylic acids is 3. The lowest BCUT2D eigenvalue weighted by atomic mass is 10.1. The molecule has 2 aromatic rings. The molecule has 0 spiro atoms. The predicted molar refractivity (Wildman–Crippen MR) is 129 cm³/mol. The van der Waals surface area contributed by atoms with Gasteiger partial charge in [-0.15, -0.1) is 0 Å². The minimum Gasteiger partial charge on any atom is -0.493 e. The van der Waals surface area contributed by atoms with Crippen molar-refractivity contribution < 1.29 is 23.9 Å². The van der Waals surface area contributed by atoms with Gasteiger partial charge < -0.3 is 20.1 Å². The molecule has 1 heterocycles. The first-order chi connectivity index (χ1) is 15.9. The summed E-state index contributed by atoms with van der Waals surface area (Å²) >= 11 is 3.45. The molecule has 2 aromatic carbocycles. The zero-order chi connectivity index (χ0) is 24.0. The van der Waals surface area contributed by atoms with Crippen LogP contribution in [0.4, 0.5) is 10.5 Å². The minimum absolute atomic E-state index is 0.0544. The minimum atomic E-state index is -0.659. The SMILES string of the molecule is CCOc1cc(OCC)c(/C=C2/NC(=O)N(CC(=O)Nc3ccccc3CC)C2=O)cc1Br. The number of carbonyl (C=O) groups is 3. The van der Waals surface area contributed by atoms with E-state index in [-0.39, 0.29) is 5.70 Å². The number of rotatable bonds is 9. The molecule has 0 aliphatic carbocycles. The first-order valence-corrected chi connectivity index (χ1v) is 11.5. The highest BCUT2D eigenvalue weighted by Crippen LogP contribution is 2.34. The van der Waals surface area contributed by atoms with Crippen LogP contribution in [-0.2, 0) is 16.0 Å². The van der Waals surface area contributed by atoms with Crippen molar-refractivity contribution >= 4 is 45.5 Å². The van der Waals surface area contributed by atoms with E-state index >= 15 is 0 Å². The van der Waals surface area contributed by atoms with Gasteiger partial charge in [-0.05, 0) is 60.0 Å². The van der Waals surface area contributed by atoms with Crippen LogP contribution in [0, 0.1) is 0 Å². The average Bonchev–Trinajstić information content (AvgIpc) is 3.04. The van der Waals surface area contributed by atoms with Crippen molar-refractivity contribution in [1.29, 1.82) is 0 Å². The van der Waals surface area contributed by atoms with E-state index in [1.807, 2.05) is 39.0 Å². The molecule has 0 saturated carbocycles. The van der Waals surface area contributed by atoms with Gasteiger partial charge in [0.25, 0.3) is 5.91 Å². The van der Waals surface area contributed by atoms with E-state index in [0.717, 1.165) is 16.9 Å². The molecule has 0 aromatic heterocycles. The number of para-hydroxylation sites is 1. The summed E-state index contributed by atoms with van der Waals surface area (Å²) in [6, 6.07) is 10.2. The number of hydrogen-bond donors (Lipinski definition) is 2. The monoisotopic (exact) mass is 515 g/mol. The number of urea groups is 1. The molecule has 3 rings (SSSR count). The first kappa shape index (κ1) is 24.3. The summed E-state index contributed by atoms with van der Waals surface area (Å²) in [5, 5.41) is 5.31. The maximum Gasteiger partial charge on any atom is 0.329 e. The quantitative estimate of drug-likeness (QED) is 0.382. The van der Waals surface area contributed by atoms with E-state index < -0.39 is 24.4 Å². The van der Waals surface area contributed by atoms with E-state index in [1.54, 1.807) is 18.2 Å². The number of anilines is 1. The molecular formula is C24H26BrN3O5. The molecule has 1 saturated heterocycles. The zero-order valence-corrected chi connectivity index (χ0v) is 20.3. The molecule has 4 amide bonds. The summed E-state index contributed by atoms with van der Waals surface area (Å²) in [6.45, 7) is 6.20. The Labute approximate surface area is 201 Å². The molecule has 0 unspecified atom stereocenters. The van der Waals surface area contributed by atoms with Gasteiger partial charge in [0, 0.05) is 17.3 Å².